The molecule has 1 aromatic rings. The van der Waals surface area contributed by atoms with Crippen molar-refractivity contribution in [2.75, 3.05) is 24.2 Å². The average Bonchev–Trinajstić information content (AvgIpc) is 3.24. The topological polar surface area (TPSA) is 66.5 Å². The first-order chi connectivity index (χ1) is 11.8. The number of nitrogens with one attached hydrogen (secondary N) is 1. The molecule has 1 heterocycles. The fraction of sp³-hybridized carbons (Fsp3) is 0.611. The van der Waals surface area contributed by atoms with Crippen LogP contribution in [0.3, 0.4) is 0 Å². The number of halogens is 1. The highest BCUT2D eigenvalue weighted by Crippen LogP contribution is 2.37. The predicted molar refractivity (Wildman–Crippen MR) is 95.7 cm³/mol. The standard InChI is InChI=1S/C18H25FN2O3S/c1-25(23,24)18(9-2-3-10-18)17(22)20-13-14-15(19)7-6-8-16(14)21-11-4-5-12-21/h6-8H,2-5,9-13H2,1H3,(H,20,22). The smallest absolute Gasteiger partial charge is 0.241 e. The predicted octanol–water partition coefficient (Wildman–Crippen LogP) is 2.40. The van der Waals surface area contributed by atoms with Gasteiger partial charge in [-0.1, -0.05) is 18.9 Å². The van der Waals surface area contributed by atoms with Crippen LogP contribution < -0.4 is 10.2 Å². The van der Waals surface area contributed by atoms with Gasteiger partial charge in [-0.3, -0.25) is 4.79 Å². The van der Waals surface area contributed by atoms with Crippen LogP contribution >= 0.6 is 0 Å². The third-order valence-electron chi connectivity index (χ3n) is 5.50. The van der Waals surface area contributed by atoms with Gasteiger partial charge in [0, 0.05) is 37.1 Å². The summed E-state index contributed by atoms with van der Waals surface area (Å²) in [6, 6.07) is 4.91. The third kappa shape index (κ3) is 3.38. The molecule has 0 radical (unpaired) electrons. The molecule has 1 N–H and O–H groups in total. The van der Waals surface area contributed by atoms with E-state index in [1.54, 1.807) is 6.07 Å². The molecule has 1 aliphatic carbocycles. The lowest BCUT2D eigenvalue weighted by Crippen LogP contribution is -2.50. The largest absolute Gasteiger partial charge is 0.371 e. The molecule has 0 unspecified atom stereocenters. The van der Waals surface area contributed by atoms with Crippen molar-refractivity contribution in [1.29, 1.82) is 0 Å². The normalized spacial score (nSPS) is 20.0. The van der Waals surface area contributed by atoms with Gasteiger partial charge in [-0.15, -0.1) is 0 Å². The van der Waals surface area contributed by atoms with Gasteiger partial charge in [-0.2, -0.15) is 0 Å². The summed E-state index contributed by atoms with van der Waals surface area (Å²) < 4.78 is 37.4. The van der Waals surface area contributed by atoms with Gasteiger partial charge in [0.15, 0.2) is 9.84 Å². The van der Waals surface area contributed by atoms with E-state index >= 15 is 0 Å². The first-order valence-corrected chi connectivity index (χ1v) is 10.7. The number of sulfone groups is 1. The Bertz CT molecular complexity index is 752. The minimum Gasteiger partial charge on any atom is -0.371 e. The highest BCUT2D eigenvalue weighted by atomic mass is 32.2. The molecule has 25 heavy (non-hydrogen) atoms. The lowest BCUT2D eigenvalue weighted by Gasteiger charge is -2.27. The molecule has 1 saturated heterocycles. The molecule has 5 nitrogen and oxygen atoms in total. The zero-order chi connectivity index (χ0) is 18.1. The lowest BCUT2D eigenvalue weighted by atomic mass is 10.1. The number of amides is 1. The molecule has 0 bridgehead atoms. The molecule has 1 aromatic carbocycles. The van der Waals surface area contributed by atoms with E-state index in [0.29, 0.717) is 18.4 Å². The fourth-order valence-electron chi connectivity index (χ4n) is 4.02. The molecule has 138 valence electrons. The zero-order valence-electron chi connectivity index (χ0n) is 14.6. The average molecular weight is 368 g/mol. The Kier molecular flexibility index (Phi) is 5.04. The van der Waals surface area contributed by atoms with E-state index in [2.05, 4.69) is 10.2 Å². The van der Waals surface area contributed by atoms with Crippen LogP contribution in [0.4, 0.5) is 10.1 Å². The highest BCUT2D eigenvalue weighted by molar-refractivity contribution is 7.92. The van der Waals surface area contributed by atoms with Crippen LogP contribution in [-0.4, -0.2) is 38.4 Å². The molecule has 1 amide bonds. The molecule has 2 aliphatic rings. The van der Waals surface area contributed by atoms with Crippen molar-refractivity contribution >= 4 is 21.4 Å². The summed E-state index contributed by atoms with van der Waals surface area (Å²) in [5.41, 5.74) is 1.22. The maximum Gasteiger partial charge on any atom is 0.241 e. The summed E-state index contributed by atoms with van der Waals surface area (Å²) >= 11 is 0. The van der Waals surface area contributed by atoms with E-state index in [4.69, 9.17) is 0 Å². The zero-order valence-corrected chi connectivity index (χ0v) is 15.4. The Hall–Kier alpha value is -1.63. The summed E-state index contributed by atoms with van der Waals surface area (Å²) in [5, 5.41) is 2.71. The molecule has 0 atom stereocenters. The monoisotopic (exact) mass is 368 g/mol. The quantitative estimate of drug-likeness (QED) is 0.867. The SMILES string of the molecule is CS(=O)(=O)C1(C(=O)NCc2c(F)cccc2N2CCCC2)CCCC1. The van der Waals surface area contributed by atoms with Crippen LogP contribution in [0.2, 0.25) is 0 Å². The van der Waals surface area contributed by atoms with Crippen molar-refractivity contribution in [2.24, 2.45) is 0 Å². The van der Waals surface area contributed by atoms with Gasteiger partial charge in [-0.25, -0.2) is 12.8 Å². The number of carbonyl (C=O) groups is 1. The van der Waals surface area contributed by atoms with E-state index in [-0.39, 0.29) is 12.4 Å². The molecule has 2 fully saturated rings. The summed E-state index contributed by atoms with van der Waals surface area (Å²) in [6.07, 6.45) is 5.38. The Morgan fingerprint density at radius 1 is 1.20 bits per heavy atom. The van der Waals surface area contributed by atoms with Gasteiger partial charge in [0.1, 0.15) is 10.6 Å². The van der Waals surface area contributed by atoms with E-state index in [1.807, 2.05) is 6.07 Å². The van der Waals surface area contributed by atoms with Crippen molar-refractivity contribution in [3.8, 4) is 0 Å². The highest BCUT2D eigenvalue weighted by Gasteiger charge is 2.49. The number of carbonyl (C=O) groups excluding carboxylic acids is 1. The van der Waals surface area contributed by atoms with Crippen molar-refractivity contribution in [3.05, 3.63) is 29.6 Å². The molecule has 3 rings (SSSR count). The summed E-state index contributed by atoms with van der Waals surface area (Å²) in [4.78, 5) is 14.8. The number of hydrogen-bond acceptors (Lipinski definition) is 4. The van der Waals surface area contributed by atoms with Crippen LogP contribution in [0.25, 0.3) is 0 Å². The van der Waals surface area contributed by atoms with Crippen LogP contribution in [0.15, 0.2) is 18.2 Å². The number of benzene rings is 1. The second-order valence-corrected chi connectivity index (χ2v) is 9.41. The molecule has 0 aromatic heterocycles. The lowest BCUT2D eigenvalue weighted by molar-refractivity contribution is -0.123. The van der Waals surface area contributed by atoms with Gasteiger partial charge < -0.3 is 10.2 Å². The Morgan fingerprint density at radius 3 is 2.44 bits per heavy atom. The summed E-state index contributed by atoms with van der Waals surface area (Å²) in [6.45, 7) is 1.75. The van der Waals surface area contributed by atoms with Gasteiger partial charge in [0.05, 0.1) is 0 Å². The Morgan fingerprint density at radius 2 is 1.84 bits per heavy atom. The molecule has 1 saturated carbocycles. The maximum absolute atomic E-state index is 14.4. The number of anilines is 1. The summed E-state index contributed by atoms with van der Waals surface area (Å²) in [5.74, 6) is -0.868. The van der Waals surface area contributed by atoms with Gasteiger partial charge in [0.2, 0.25) is 5.91 Å². The molecular formula is C18H25FN2O3S. The van der Waals surface area contributed by atoms with Crippen LogP contribution in [-0.2, 0) is 21.2 Å². The Labute approximate surface area is 148 Å². The van der Waals surface area contributed by atoms with Gasteiger partial charge in [0.25, 0.3) is 0 Å². The van der Waals surface area contributed by atoms with E-state index in [0.717, 1.165) is 50.7 Å². The molecular weight excluding hydrogens is 343 g/mol. The molecule has 7 heteroatoms. The second-order valence-electron chi connectivity index (χ2n) is 7.09. The summed E-state index contributed by atoms with van der Waals surface area (Å²) in [7, 11) is -3.52. The molecule has 1 aliphatic heterocycles. The first-order valence-electron chi connectivity index (χ1n) is 8.85. The number of nitrogens with zero attached hydrogens (tertiary/aromatic N) is 1. The minimum atomic E-state index is -3.52. The van der Waals surface area contributed by atoms with Crippen molar-refractivity contribution in [3.63, 3.8) is 0 Å². The van der Waals surface area contributed by atoms with Gasteiger partial charge in [-0.05, 0) is 37.8 Å². The van der Waals surface area contributed by atoms with Crippen molar-refractivity contribution < 1.29 is 17.6 Å². The first kappa shape index (κ1) is 18.2. The number of hydrogen-bond donors (Lipinski definition) is 1. The third-order valence-corrected chi connectivity index (χ3v) is 7.51. The van der Waals surface area contributed by atoms with Gasteiger partial charge >= 0.3 is 0 Å². The van der Waals surface area contributed by atoms with E-state index in [9.17, 15) is 17.6 Å². The van der Waals surface area contributed by atoms with E-state index in [1.165, 1.54) is 6.07 Å². The van der Waals surface area contributed by atoms with Crippen molar-refractivity contribution in [2.45, 2.75) is 49.8 Å². The van der Waals surface area contributed by atoms with Crippen LogP contribution in [0.5, 0.6) is 0 Å². The van der Waals surface area contributed by atoms with Crippen LogP contribution in [0.1, 0.15) is 44.1 Å². The van der Waals surface area contributed by atoms with E-state index < -0.39 is 20.5 Å². The number of rotatable bonds is 5. The van der Waals surface area contributed by atoms with Crippen molar-refractivity contribution in [1.82, 2.24) is 5.32 Å². The van der Waals surface area contributed by atoms with Crippen LogP contribution in [0, 0.1) is 5.82 Å². The molecule has 0 spiro atoms. The fourth-order valence-corrected chi connectivity index (χ4v) is 5.46. The second kappa shape index (κ2) is 6.94. The minimum absolute atomic E-state index is 0.00854. The Balaban J connectivity index is 1.81. The maximum atomic E-state index is 14.4.